The maximum absolute atomic E-state index is 6.61. The standard InChI is InChI=1S/C48H30N2OS/c1-3-11-33-25-35(23-19-29(33)9-1)31-17-21-32(22-18-31)48-49-45-39-14-6-8-16-43(39)52-47(45)46(50-48)40-27-37(36-24-20-30-10-2-4-12-34(30)26-36)28-42-44(40)38-13-5-7-15-41(38)51-42/h1-28,48-49H. The number of nitrogens with one attached hydrogen (secondary N) is 1. The van der Waals surface area contributed by atoms with Gasteiger partial charge in [-0.15, -0.1) is 11.3 Å². The Hall–Kier alpha value is -6.49. The van der Waals surface area contributed by atoms with Gasteiger partial charge in [0.25, 0.3) is 0 Å². The highest BCUT2D eigenvalue weighted by atomic mass is 32.1. The number of para-hydroxylation sites is 1. The first-order chi connectivity index (χ1) is 25.7. The topological polar surface area (TPSA) is 37.5 Å². The van der Waals surface area contributed by atoms with Crippen LogP contribution in [0.2, 0.25) is 0 Å². The van der Waals surface area contributed by atoms with E-state index in [-0.39, 0.29) is 6.17 Å². The lowest BCUT2D eigenvalue weighted by Gasteiger charge is -2.25. The Labute approximate surface area is 304 Å². The molecular formula is C48H30N2OS. The van der Waals surface area contributed by atoms with Gasteiger partial charge >= 0.3 is 0 Å². The Morgan fingerprint density at radius 2 is 1.12 bits per heavy atom. The van der Waals surface area contributed by atoms with Crippen molar-refractivity contribution in [3.8, 4) is 22.3 Å². The molecule has 52 heavy (non-hydrogen) atoms. The summed E-state index contributed by atoms with van der Waals surface area (Å²) in [4.78, 5) is 6.74. The molecule has 1 N–H and O–H groups in total. The monoisotopic (exact) mass is 682 g/mol. The van der Waals surface area contributed by atoms with Gasteiger partial charge in [-0.25, -0.2) is 0 Å². The van der Waals surface area contributed by atoms with Crippen molar-refractivity contribution < 1.29 is 4.42 Å². The highest BCUT2D eigenvalue weighted by Crippen LogP contribution is 2.45. The molecule has 2 aromatic heterocycles. The molecule has 11 rings (SSSR count). The van der Waals surface area contributed by atoms with Gasteiger partial charge in [-0.1, -0.05) is 133 Å². The minimum Gasteiger partial charge on any atom is -0.456 e. The summed E-state index contributed by atoms with van der Waals surface area (Å²) in [6, 6.07) is 60.8. The van der Waals surface area contributed by atoms with E-state index in [1.54, 1.807) is 11.3 Å². The van der Waals surface area contributed by atoms with E-state index in [2.05, 4.69) is 169 Å². The fraction of sp³-hybridized carbons (Fsp3) is 0.0208. The molecule has 1 unspecified atom stereocenters. The zero-order valence-corrected chi connectivity index (χ0v) is 28.8. The zero-order valence-electron chi connectivity index (χ0n) is 28.0. The molecule has 0 amide bonds. The third kappa shape index (κ3) is 4.69. The second-order valence-electron chi connectivity index (χ2n) is 13.6. The Morgan fingerprint density at radius 1 is 0.500 bits per heavy atom. The zero-order chi connectivity index (χ0) is 34.2. The fourth-order valence-corrected chi connectivity index (χ4v) is 9.04. The SMILES string of the molecule is c1ccc2cc(-c3ccc(C4N=C(c5cc(-c6ccc7ccccc7c6)cc6oc7ccccc7c56)c5sc6ccccc6c5N4)cc3)ccc2c1. The van der Waals surface area contributed by atoms with E-state index in [0.29, 0.717) is 0 Å². The van der Waals surface area contributed by atoms with E-state index < -0.39 is 0 Å². The summed E-state index contributed by atoms with van der Waals surface area (Å²) in [7, 11) is 0. The molecule has 3 nitrogen and oxygen atoms in total. The van der Waals surface area contributed by atoms with Crippen LogP contribution in [0.1, 0.15) is 22.2 Å². The largest absolute Gasteiger partial charge is 0.456 e. The number of hydrogen-bond donors (Lipinski definition) is 1. The number of nitrogens with zero attached hydrogens (tertiary/aromatic N) is 1. The molecule has 0 saturated heterocycles. The van der Waals surface area contributed by atoms with Gasteiger partial charge in [0.1, 0.15) is 17.3 Å². The van der Waals surface area contributed by atoms with Crippen LogP contribution in [0.3, 0.4) is 0 Å². The lowest BCUT2D eigenvalue weighted by atomic mass is 9.93. The van der Waals surface area contributed by atoms with Crippen LogP contribution in [0.25, 0.3) is 75.8 Å². The molecular weight excluding hydrogens is 653 g/mol. The van der Waals surface area contributed by atoms with Crippen LogP contribution in [0.4, 0.5) is 5.69 Å². The lowest BCUT2D eigenvalue weighted by Crippen LogP contribution is -2.19. The summed E-state index contributed by atoms with van der Waals surface area (Å²) in [5, 5.41) is 12.2. The van der Waals surface area contributed by atoms with E-state index in [1.807, 2.05) is 6.07 Å². The van der Waals surface area contributed by atoms with Gasteiger partial charge in [-0.05, 0) is 85.8 Å². The number of aliphatic imine (C=N–C) groups is 1. The van der Waals surface area contributed by atoms with Crippen LogP contribution in [-0.2, 0) is 0 Å². The third-order valence-electron chi connectivity index (χ3n) is 10.5. The molecule has 0 radical (unpaired) electrons. The van der Waals surface area contributed by atoms with Crippen molar-refractivity contribution in [2.24, 2.45) is 4.99 Å². The van der Waals surface area contributed by atoms with E-state index in [1.165, 1.54) is 42.8 Å². The summed E-state index contributed by atoms with van der Waals surface area (Å²) in [6.45, 7) is 0. The minimum atomic E-state index is -0.274. The Balaban J connectivity index is 1.11. The minimum absolute atomic E-state index is 0.274. The van der Waals surface area contributed by atoms with Gasteiger partial charge in [-0.3, -0.25) is 4.99 Å². The summed E-state index contributed by atoms with van der Waals surface area (Å²) < 4.78 is 7.84. The molecule has 8 aromatic carbocycles. The van der Waals surface area contributed by atoms with Crippen LogP contribution >= 0.6 is 11.3 Å². The van der Waals surface area contributed by atoms with Crippen molar-refractivity contribution in [3.63, 3.8) is 0 Å². The Morgan fingerprint density at radius 3 is 1.87 bits per heavy atom. The van der Waals surface area contributed by atoms with E-state index >= 15 is 0 Å². The van der Waals surface area contributed by atoms with Gasteiger partial charge in [0, 0.05) is 26.4 Å². The van der Waals surface area contributed by atoms with Crippen LogP contribution in [0, 0.1) is 0 Å². The number of anilines is 1. The predicted molar refractivity (Wildman–Crippen MR) is 220 cm³/mol. The predicted octanol–water partition coefficient (Wildman–Crippen LogP) is 13.4. The summed E-state index contributed by atoms with van der Waals surface area (Å²) in [5.74, 6) is 0. The number of fused-ring (bicyclic) bond motifs is 8. The second-order valence-corrected chi connectivity index (χ2v) is 14.6. The van der Waals surface area contributed by atoms with Crippen LogP contribution in [0.15, 0.2) is 179 Å². The molecule has 3 heterocycles. The van der Waals surface area contributed by atoms with Gasteiger partial charge < -0.3 is 9.73 Å². The van der Waals surface area contributed by atoms with Crippen molar-refractivity contribution in [1.29, 1.82) is 0 Å². The first-order valence-electron chi connectivity index (χ1n) is 17.6. The first kappa shape index (κ1) is 29.3. The fourth-order valence-electron chi connectivity index (χ4n) is 7.87. The molecule has 10 aromatic rings. The molecule has 0 aliphatic carbocycles. The van der Waals surface area contributed by atoms with Crippen LogP contribution in [-0.4, -0.2) is 5.71 Å². The molecule has 0 fully saturated rings. The smallest absolute Gasteiger partial charge is 0.145 e. The molecule has 1 atom stereocenters. The highest BCUT2D eigenvalue weighted by Gasteiger charge is 2.29. The van der Waals surface area contributed by atoms with E-state index in [9.17, 15) is 0 Å². The molecule has 1 aliphatic rings. The Kier molecular flexibility index (Phi) is 6.48. The van der Waals surface area contributed by atoms with E-state index in [4.69, 9.17) is 9.41 Å². The van der Waals surface area contributed by atoms with E-state index in [0.717, 1.165) is 60.5 Å². The number of thiophene rings is 1. The number of hydrogen-bond acceptors (Lipinski definition) is 4. The van der Waals surface area contributed by atoms with Crippen molar-refractivity contribution in [2.45, 2.75) is 6.17 Å². The van der Waals surface area contributed by atoms with Gasteiger partial charge in [0.05, 0.1) is 16.3 Å². The summed E-state index contributed by atoms with van der Waals surface area (Å²) in [5.41, 5.74) is 10.7. The van der Waals surface area contributed by atoms with Crippen molar-refractivity contribution in [2.75, 3.05) is 5.32 Å². The third-order valence-corrected chi connectivity index (χ3v) is 11.7. The quantitative estimate of drug-likeness (QED) is 0.201. The van der Waals surface area contributed by atoms with Gasteiger partial charge in [0.2, 0.25) is 0 Å². The van der Waals surface area contributed by atoms with Crippen molar-refractivity contribution in [3.05, 3.63) is 186 Å². The van der Waals surface area contributed by atoms with Crippen LogP contribution < -0.4 is 5.32 Å². The lowest BCUT2D eigenvalue weighted by molar-refractivity contribution is 0.669. The maximum atomic E-state index is 6.61. The average Bonchev–Trinajstić information content (AvgIpc) is 3.78. The molecule has 0 bridgehead atoms. The number of rotatable bonds is 4. The molecule has 1 aliphatic heterocycles. The Bertz CT molecular complexity index is 3060. The summed E-state index contributed by atoms with van der Waals surface area (Å²) >= 11 is 1.80. The van der Waals surface area contributed by atoms with Crippen molar-refractivity contribution >= 4 is 76.3 Å². The molecule has 0 saturated carbocycles. The second kappa shape index (κ2) is 11.5. The molecule has 244 valence electrons. The normalized spacial score (nSPS) is 14.2. The van der Waals surface area contributed by atoms with Gasteiger partial charge in [0.15, 0.2) is 0 Å². The number of benzene rings is 8. The van der Waals surface area contributed by atoms with Gasteiger partial charge in [-0.2, -0.15) is 0 Å². The summed E-state index contributed by atoms with van der Waals surface area (Å²) in [6.07, 6.45) is -0.274. The van der Waals surface area contributed by atoms with Crippen LogP contribution in [0.5, 0.6) is 0 Å². The average molecular weight is 683 g/mol. The molecule has 0 spiro atoms. The highest BCUT2D eigenvalue weighted by molar-refractivity contribution is 7.22. The van der Waals surface area contributed by atoms with Crippen molar-refractivity contribution in [1.82, 2.24) is 0 Å². The molecule has 4 heteroatoms. The number of furan rings is 1. The first-order valence-corrected chi connectivity index (χ1v) is 18.5. The maximum Gasteiger partial charge on any atom is 0.145 e.